The van der Waals surface area contributed by atoms with Gasteiger partial charge in [-0.25, -0.2) is 4.98 Å². The van der Waals surface area contributed by atoms with Crippen LogP contribution in [0.15, 0.2) is 23.7 Å². The normalized spacial score (nSPS) is 9.87. The molecule has 0 aromatic carbocycles. The second kappa shape index (κ2) is 4.39. The average Bonchev–Trinajstić information content (AvgIpc) is 2.68. The van der Waals surface area contributed by atoms with Gasteiger partial charge in [0.25, 0.3) is 0 Å². The van der Waals surface area contributed by atoms with Gasteiger partial charge in [-0.05, 0) is 12.1 Å². The number of nitriles is 1. The van der Waals surface area contributed by atoms with Gasteiger partial charge in [0.15, 0.2) is 0 Å². The van der Waals surface area contributed by atoms with E-state index in [-0.39, 0.29) is 0 Å². The number of nitrogens with zero attached hydrogens (tertiary/aromatic N) is 3. The molecule has 0 atom stereocenters. The van der Waals surface area contributed by atoms with Gasteiger partial charge in [0.2, 0.25) is 0 Å². The zero-order chi connectivity index (χ0) is 10.7. The smallest absolute Gasteiger partial charge is 0.143 e. The molecule has 3 nitrogen and oxygen atoms in total. The molecule has 0 aliphatic rings. The fourth-order valence-electron chi connectivity index (χ4n) is 1.12. The van der Waals surface area contributed by atoms with Crippen molar-refractivity contribution in [3.8, 4) is 16.8 Å². The Morgan fingerprint density at radius 1 is 1.53 bits per heavy atom. The molecule has 0 spiro atoms. The second-order valence-corrected chi connectivity index (χ2v) is 4.08. The van der Waals surface area contributed by atoms with Crippen molar-refractivity contribution < 1.29 is 0 Å². The number of aromatic nitrogens is 2. The fourth-order valence-corrected chi connectivity index (χ4v) is 2.22. The van der Waals surface area contributed by atoms with Crippen molar-refractivity contribution in [2.24, 2.45) is 0 Å². The first-order valence-corrected chi connectivity index (χ1v) is 5.49. The summed E-state index contributed by atoms with van der Waals surface area (Å²) in [6.07, 6.45) is 1.99. The van der Waals surface area contributed by atoms with E-state index in [0.717, 1.165) is 10.7 Å². The van der Waals surface area contributed by atoms with Gasteiger partial charge in [-0.15, -0.1) is 11.3 Å². The Hall–Kier alpha value is -1.44. The molecule has 0 aliphatic heterocycles. The van der Waals surface area contributed by atoms with E-state index in [9.17, 15) is 0 Å². The van der Waals surface area contributed by atoms with E-state index >= 15 is 0 Å². The van der Waals surface area contributed by atoms with Crippen LogP contribution < -0.4 is 0 Å². The average molecular weight is 236 g/mol. The summed E-state index contributed by atoms with van der Waals surface area (Å²) < 4.78 is 0. The predicted molar refractivity (Wildman–Crippen MR) is 59.7 cm³/mol. The maximum absolute atomic E-state index is 8.53. The molecule has 0 aliphatic carbocycles. The summed E-state index contributed by atoms with van der Waals surface area (Å²) in [5.41, 5.74) is 1.44. The van der Waals surface area contributed by atoms with Crippen molar-refractivity contribution in [3.05, 3.63) is 34.4 Å². The lowest BCUT2D eigenvalue weighted by Gasteiger charge is -1.96. The van der Waals surface area contributed by atoms with Gasteiger partial charge < -0.3 is 0 Å². The molecule has 2 aromatic rings. The second-order valence-electron chi connectivity index (χ2n) is 2.81. The van der Waals surface area contributed by atoms with Crippen LogP contribution in [-0.2, 0) is 6.42 Å². The molecule has 0 fully saturated rings. The molecule has 2 rings (SSSR count). The lowest BCUT2D eigenvalue weighted by atomic mass is 10.3. The molecular weight excluding hydrogens is 230 g/mol. The van der Waals surface area contributed by atoms with Crippen molar-refractivity contribution in [3.63, 3.8) is 0 Å². The number of hydrogen-bond acceptors (Lipinski definition) is 4. The summed E-state index contributed by atoms with van der Waals surface area (Å²) in [5.74, 6) is 0. The Balaban J connectivity index is 2.38. The van der Waals surface area contributed by atoms with Crippen LogP contribution in [0.4, 0.5) is 0 Å². The lowest BCUT2D eigenvalue weighted by Crippen LogP contribution is -1.85. The van der Waals surface area contributed by atoms with Gasteiger partial charge in [-0.2, -0.15) is 5.26 Å². The predicted octanol–water partition coefficient (Wildman–Crippen LogP) is 2.92. The third-order valence-corrected chi connectivity index (χ3v) is 2.98. The quantitative estimate of drug-likeness (QED) is 0.804. The van der Waals surface area contributed by atoms with E-state index in [1.54, 1.807) is 18.3 Å². The largest absolute Gasteiger partial charge is 0.252 e. The van der Waals surface area contributed by atoms with Gasteiger partial charge in [0, 0.05) is 11.6 Å². The minimum absolute atomic E-state index is 0.320. The van der Waals surface area contributed by atoms with E-state index in [1.807, 2.05) is 5.38 Å². The monoisotopic (exact) mass is 235 g/mol. The van der Waals surface area contributed by atoms with Crippen LogP contribution in [0.1, 0.15) is 5.69 Å². The standard InChI is InChI=1S/C10H6ClN3S/c11-8-2-1-5-13-9(8)10-14-7(3-4-12)6-15-10/h1-2,5-6H,3H2. The fraction of sp³-hybridized carbons (Fsp3) is 0.100. The van der Waals surface area contributed by atoms with Crippen molar-refractivity contribution in [1.82, 2.24) is 9.97 Å². The summed E-state index contributed by atoms with van der Waals surface area (Å²) in [7, 11) is 0. The van der Waals surface area contributed by atoms with Crippen LogP contribution in [0.25, 0.3) is 10.7 Å². The molecule has 0 N–H and O–H groups in total. The topological polar surface area (TPSA) is 49.6 Å². The van der Waals surface area contributed by atoms with Gasteiger partial charge in [0.1, 0.15) is 10.7 Å². The van der Waals surface area contributed by atoms with Crippen molar-refractivity contribution >= 4 is 22.9 Å². The number of pyridine rings is 1. The van der Waals surface area contributed by atoms with Gasteiger partial charge >= 0.3 is 0 Å². The van der Waals surface area contributed by atoms with Crippen LogP contribution >= 0.6 is 22.9 Å². The molecule has 2 aromatic heterocycles. The van der Waals surface area contributed by atoms with E-state index in [1.165, 1.54) is 11.3 Å². The minimum Gasteiger partial charge on any atom is -0.252 e. The molecule has 74 valence electrons. The van der Waals surface area contributed by atoms with E-state index < -0.39 is 0 Å². The molecule has 0 unspecified atom stereocenters. The van der Waals surface area contributed by atoms with E-state index in [4.69, 9.17) is 16.9 Å². The maximum atomic E-state index is 8.53. The maximum Gasteiger partial charge on any atom is 0.143 e. The number of halogens is 1. The molecule has 0 saturated heterocycles. The third kappa shape index (κ3) is 2.14. The Morgan fingerprint density at radius 2 is 2.40 bits per heavy atom. The highest BCUT2D eigenvalue weighted by molar-refractivity contribution is 7.13. The molecular formula is C10H6ClN3S. The van der Waals surface area contributed by atoms with Crippen molar-refractivity contribution in [1.29, 1.82) is 5.26 Å². The highest BCUT2D eigenvalue weighted by Crippen LogP contribution is 2.27. The minimum atomic E-state index is 0.320. The lowest BCUT2D eigenvalue weighted by molar-refractivity contribution is 1.15. The summed E-state index contributed by atoms with van der Waals surface area (Å²) in [4.78, 5) is 8.44. The zero-order valence-electron chi connectivity index (χ0n) is 7.64. The van der Waals surface area contributed by atoms with Crippen LogP contribution in [0.2, 0.25) is 5.02 Å². The van der Waals surface area contributed by atoms with Crippen molar-refractivity contribution in [2.45, 2.75) is 6.42 Å². The Labute approximate surface area is 96.0 Å². The Kier molecular flexibility index (Phi) is 2.95. The first kappa shape index (κ1) is 10.1. The molecule has 5 heteroatoms. The number of rotatable bonds is 2. The summed E-state index contributed by atoms with van der Waals surface area (Å²) >= 11 is 7.43. The SMILES string of the molecule is N#CCc1csc(-c2ncccc2Cl)n1. The van der Waals surface area contributed by atoms with Crippen LogP contribution in [0.3, 0.4) is 0 Å². The molecule has 0 saturated carbocycles. The number of thiazole rings is 1. The summed E-state index contributed by atoms with van der Waals surface area (Å²) in [6, 6.07) is 5.60. The molecule has 0 radical (unpaired) electrons. The molecule has 15 heavy (non-hydrogen) atoms. The van der Waals surface area contributed by atoms with Gasteiger partial charge in [-0.3, -0.25) is 4.98 Å². The first-order valence-electron chi connectivity index (χ1n) is 4.23. The zero-order valence-corrected chi connectivity index (χ0v) is 9.22. The first-order chi connectivity index (χ1) is 7.31. The van der Waals surface area contributed by atoms with Crippen LogP contribution in [0, 0.1) is 11.3 Å². The van der Waals surface area contributed by atoms with Gasteiger partial charge in [0.05, 0.1) is 23.2 Å². The van der Waals surface area contributed by atoms with Crippen LogP contribution in [0.5, 0.6) is 0 Å². The summed E-state index contributed by atoms with van der Waals surface area (Å²) in [6.45, 7) is 0. The van der Waals surface area contributed by atoms with Gasteiger partial charge in [-0.1, -0.05) is 11.6 Å². The van der Waals surface area contributed by atoms with E-state index in [0.29, 0.717) is 17.1 Å². The van der Waals surface area contributed by atoms with Crippen molar-refractivity contribution in [2.75, 3.05) is 0 Å². The van der Waals surface area contributed by atoms with Crippen LogP contribution in [-0.4, -0.2) is 9.97 Å². The highest BCUT2D eigenvalue weighted by Gasteiger charge is 2.08. The highest BCUT2D eigenvalue weighted by atomic mass is 35.5. The molecule has 0 amide bonds. The number of hydrogen-bond donors (Lipinski definition) is 0. The molecule has 0 bridgehead atoms. The Bertz CT molecular complexity index is 515. The molecule has 2 heterocycles. The van der Waals surface area contributed by atoms with E-state index in [2.05, 4.69) is 16.0 Å². The third-order valence-electron chi connectivity index (χ3n) is 1.77. The Morgan fingerprint density at radius 3 is 3.13 bits per heavy atom. The summed E-state index contributed by atoms with van der Waals surface area (Å²) in [5, 5.41) is 11.7.